The topological polar surface area (TPSA) is 18.5 Å². The molecule has 1 N–H and O–H groups in total. The summed E-state index contributed by atoms with van der Waals surface area (Å²) in [6, 6.07) is 0. The van der Waals surface area contributed by atoms with E-state index in [-0.39, 0.29) is 0 Å². The van der Waals surface area contributed by atoms with Gasteiger partial charge in [-0.3, -0.25) is 9.80 Å². The second-order valence-electron chi connectivity index (χ2n) is 6.44. The third-order valence-electron chi connectivity index (χ3n) is 3.90. The molecule has 102 valence electrons. The summed E-state index contributed by atoms with van der Waals surface area (Å²) in [5, 5.41) is 3.55. The minimum atomic E-state index is 0.330. The lowest BCUT2D eigenvalue weighted by atomic mass is 10.00. The first-order valence-corrected chi connectivity index (χ1v) is 7.06. The van der Waals surface area contributed by atoms with E-state index >= 15 is 0 Å². The predicted molar refractivity (Wildman–Crippen MR) is 75.5 cm³/mol. The maximum Gasteiger partial charge on any atom is 0.0277 e. The molecule has 0 amide bonds. The lowest BCUT2D eigenvalue weighted by molar-refractivity contribution is 0.0407. The largest absolute Gasteiger partial charge is 0.315 e. The van der Waals surface area contributed by atoms with Gasteiger partial charge in [0.1, 0.15) is 0 Å². The van der Waals surface area contributed by atoms with Crippen LogP contribution in [0.1, 0.15) is 34.1 Å². The number of rotatable bonds is 6. The van der Waals surface area contributed by atoms with E-state index in [4.69, 9.17) is 0 Å². The van der Waals surface area contributed by atoms with Gasteiger partial charge in [-0.2, -0.15) is 0 Å². The van der Waals surface area contributed by atoms with Crippen molar-refractivity contribution in [1.82, 2.24) is 15.1 Å². The van der Waals surface area contributed by atoms with Crippen LogP contribution in [0, 0.1) is 5.92 Å². The molecule has 1 aliphatic heterocycles. The van der Waals surface area contributed by atoms with Crippen LogP contribution in [0.15, 0.2) is 0 Å². The molecule has 0 unspecified atom stereocenters. The van der Waals surface area contributed by atoms with E-state index in [1.54, 1.807) is 0 Å². The van der Waals surface area contributed by atoms with Crippen molar-refractivity contribution in [3.63, 3.8) is 0 Å². The molecule has 0 aromatic heterocycles. The van der Waals surface area contributed by atoms with E-state index in [1.165, 1.54) is 32.6 Å². The van der Waals surface area contributed by atoms with Crippen LogP contribution in [0.25, 0.3) is 0 Å². The average molecular weight is 241 g/mol. The lowest BCUT2D eigenvalue weighted by Gasteiger charge is -2.45. The highest BCUT2D eigenvalue weighted by atomic mass is 15.3. The number of piperazine rings is 1. The maximum atomic E-state index is 3.55. The Morgan fingerprint density at radius 2 is 1.88 bits per heavy atom. The summed E-state index contributed by atoms with van der Waals surface area (Å²) in [4.78, 5) is 5.05. The monoisotopic (exact) mass is 241 g/mol. The van der Waals surface area contributed by atoms with Crippen LogP contribution < -0.4 is 5.32 Å². The van der Waals surface area contributed by atoms with Gasteiger partial charge in [0.2, 0.25) is 0 Å². The van der Waals surface area contributed by atoms with Gasteiger partial charge < -0.3 is 5.32 Å². The van der Waals surface area contributed by atoms with E-state index < -0.39 is 0 Å². The smallest absolute Gasteiger partial charge is 0.0277 e. The van der Waals surface area contributed by atoms with Gasteiger partial charge in [0.15, 0.2) is 0 Å². The van der Waals surface area contributed by atoms with Crippen molar-refractivity contribution in [2.75, 3.05) is 46.3 Å². The van der Waals surface area contributed by atoms with Crippen LogP contribution >= 0.6 is 0 Å². The quantitative estimate of drug-likeness (QED) is 0.713. The van der Waals surface area contributed by atoms with Crippen molar-refractivity contribution in [2.24, 2.45) is 5.92 Å². The average Bonchev–Trinajstić information content (AvgIpc) is 2.22. The Balaban J connectivity index is 2.12. The van der Waals surface area contributed by atoms with Gasteiger partial charge in [0, 0.05) is 38.3 Å². The molecule has 0 spiro atoms. The summed E-state index contributed by atoms with van der Waals surface area (Å²) in [6.45, 7) is 16.3. The maximum absolute atomic E-state index is 3.55. The van der Waals surface area contributed by atoms with E-state index in [0.29, 0.717) is 5.54 Å². The summed E-state index contributed by atoms with van der Waals surface area (Å²) in [5.41, 5.74) is 0.330. The number of hydrogen-bond donors (Lipinski definition) is 1. The Labute approximate surface area is 108 Å². The van der Waals surface area contributed by atoms with Gasteiger partial charge in [-0.05, 0) is 39.8 Å². The number of hydrogen-bond acceptors (Lipinski definition) is 3. The Bertz CT molecular complexity index is 214. The third kappa shape index (κ3) is 5.36. The standard InChI is InChI=1S/C14H31N3/c1-13(2)6-7-15-8-9-17-11-10-16(5)14(3,4)12-17/h13,15H,6-12H2,1-5H3. The first kappa shape index (κ1) is 14.9. The van der Waals surface area contributed by atoms with Crippen molar-refractivity contribution in [1.29, 1.82) is 0 Å². The van der Waals surface area contributed by atoms with Gasteiger partial charge >= 0.3 is 0 Å². The second kappa shape index (κ2) is 6.72. The molecule has 0 aromatic carbocycles. The highest BCUT2D eigenvalue weighted by molar-refractivity contribution is 4.88. The zero-order chi connectivity index (χ0) is 12.9. The van der Waals surface area contributed by atoms with Crippen LogP contribution in [-0.2, 0) is 0 Å². The fourth-order valence-electron chi connectivity index (χ4n) is 2.28. The number of nitrogens with zero attached hydrogens (tertiary/aromatic N) is 2. The van der Waals surface area contributed by atoms with Gasteiger partial charge in [-0.25, -0.2) is 0 Å². The molecule has 0 radical (unpaired) electrons. The Kier molecular flexibility index (Phi) is 5.90. The Morgan fingerprint density at radius 3 is 2.47 bits per heavy atom. The fraction of sp³-hybridized carbons (Fsp3) is 1.00. The zero-order valence-electron chi connectivity index (χ0n) is 12.4. The van der Waals surface area contributed by atoms with Crippen LogP contribution in [-0.4, -0.2) is 61.7 Å². The van der Waals surface area contributed by atoms with E-state index in [0.717, 1.165) is 19.0 Å². The lowest BCUT2D eigenvalue weighted by Crippen LogP contribution is -2.58. The van der Waals surface area contributed by atoms with Crippen LogP contribution in [0.2, 0.25) is 0 Å². The molecule has 0 saturated carbocycles. The molecule has 1 saturated heterocycles. The van der Waals surface area contributed by atoms with Gasteiger partial charge in [0.25, 0.3) is 0 Å². The molecular weight excluding hydrogens is 210 g/mol. The summed E-state index contributed by atoms with van der Waals surface area (Å²) in [5.74, 6) is 0.810. The van der Waals surface area contributed by atoms with Gasteiger partial charge in [-0.1, -0.05) is 13.8 Å². The number of nitrogens with one attached hydrogen (secondary N) is 1. The van der Waals surface area contributed by atoms with Gasteiger partial charge in [0.05, 0.1) is 0 Å². The fourth-order valence-corrected chi connectivity index (χ4v) is 2.28. The molecule has 1 fully saturated rings. The SMILES string of the molecule is CC(C)CCNCCN1CCN(C)C(C)(C)C1. The normalized spacial score (nSPS) is 22.2. The first-order chi connectivity index (χ1) is 7.92. The van der Waals surface area contributed by atoms with Crippen molar-refractivity contribution in [3.05, 3.63) is 0 Å². The molecule has 1 rings (SSSR count). The Hall–Kier alpha value is -0.120. The van der Waals surface area contributed by atoms with Crippen LogP contribution in [0.3, 0.4) is 0 Å². The van der Waals surface area contributed by atoms with Gasteiger partial charge in [-0.15, -0.1) is 0 Å². The molecule has 0 bridgehead atoms. The molecule has 0 aromatic rings. The summed E-state index contributed by atoms with van der Waals surface area (Å²) < 4.78 is 0. The molecule has 3 heteroatoms. The molecule has 3 nitrogen and oxygen atoms in total. The summed E-state index contributed by atoms with van der Waals surface area (Å²) in [7, 11) is 2.23. The van der Waals surface area contributed by atoms with Crippen LogP contribution in [0.5, 0.6) is 0 Å². The third-order valence-corrected chi connectivity index (χ3v) is 3.90. The molecular formula is C14H31N3. The van der Waals surface area contributed by atoms with Crippen molar-refractivity contribution in [2.45, 2.75) is 39.7 Å². The minimum Gasteiger partial charge on any atom is -0.315 e. The molecule has 0 atom stereocenters. The molecule has 1 heterocycles. The second-order valence-corrected chi connectivity index (χ2v) is 6.44. The van der Waals surface area contributed by atoms with E-state index in [2.05, 4.69) is 49.9 Å². The molecule has 17 heavy (non-hydrogen) atoms. The van der Waals surface area contributed by atoms with Crippen molar-refractivity contribution < 1.29 is 0 Å². The van der Waals surface area contributed by atoms with E-state index in [9.17, 15) is 0 Å². The summed E-state index contributed by atoms with van der Waals surface area (Å²) >= 11 is 0. The Morgan fingerprint density at radius 1 is 1.18 bits per heavy atom. The van der Waals surface area contributed by atoms with Crippen molar-refractivity contribution in [3.8, 4) is 0 Å². The summed E-state index contributed by atoms with van der Waals surface area (Å²) in [6.07, 6.45) is 1.29. The molecule has 0 aliphatic carbocycles. The highest BCUT2D eigenvalue weighted by Crippen LogP contribution is 2.18. The molecule has 1 aliphatic rings. The van der Waals surface area contributed by atoms with E-state index in [1.807, 2.05) is 0 Å². The zero-order valence-corrected chi connectivity index (χ0v) is 12.4. The number of likely N-dealkylation sites (N-methyl/N-ethyl adjacent to an activating group) is 1. The first-order valence-electron chi connectivity index (χ1n) is 7.06. The highest BCUT2D eigenvalue weighted by Gasteiger charge is 2.30. The van der Waals surface area contributed by atoms with Crippen molar-refractivity contribution >= 4 is 0 Å². The van der Waals surface area contributed by atoms with Crippen LogP contribution in [0.4, 0.5) is 0 Å². The predicted octanol–water partition coefficient (Wildman–Crippen LogP) is 1.65. The minimum absolute atomic E-state index is 0.330.